The van der Waals surface area contributed by atoms with Crippen molar-refractivity contribution in [1.82, 2.24) is 9.55 Å². The first kappa shape index (κ1) is 14.9. The van der Waals surface area contributed by atoms with E-state index in [1.807, 2.05) is 0 Å². The number of carbonyl (C=O) groups is 2. The van der Waals surface area contributed by atoms with Crippen LogP contribution in [0.3, 0.4) is 0 Å². The fourth-order valence-corrected chi connectivity index (χ4v) is 2.50. The topological polar surface area (TPSA) is 111 Å². The van der Waals surface area contributed by atoms with Gasteiger partial charge in [-0.2, -0.15) is 0 Å². The summed E-state index contributed by atoms with van der Waals surface area (Å²) >= 11 is 6.15. The highest BCUT2D eigenvalue weighted by Crippen LogP contribution is 2.42. The van der Waals surface area contributed by atoms with E-state index in [1.54, 1.807) is 7.05 Å². The van der Waals surface area contributed by atoms with Crippen molar-refractivity contribution in [2.24, 2.45) is 7.05 Å². The Labute approximate surface area is 123 Å². The van der Waals surface area contributed by atoms with Gasteiger partial charge in [0, 0.05) is 7.05 Å². The molecule has 112 valence electrons. The van der Waals surface area contributed by atoms with Crippen LogP contribution in [0.5, 0.6) is 11.6 Å². The molecule has 0 aliphatic heterocycles. The first-order chi connectivity index (χ1) is 9.84. The number of carboxylic acid groups (broad SMARTS) is 2. The molecule has 0 aliphatic rings. The predicted molar refractivity (Wildman–Crippen MR) is 72.7 cm³/mol. The second-order valence-corrected chi connectivity index (χ2v) is 4.44. The number of hydrogen-bond donors (Lipinski definition) is 2. The quantitative estimate of drug-likeness (QED) is 0.882. The Morgan fingerprint density at radius 1 is 1.19 bits per heavy atom. The molecular formula is C12H11ClN2O6. The summed E-state index contributed by atoms with van der Waals surface area (Å²) in [5.74, 6) is -2.91. The van der Waals surface area contributed by atoms with E-state index in [4.69, 9.17) is 26.2 Å². The molecule has 0 amide bonds. The molecule has 2 aromatic rings. The Morgan fingerprint density at radius 3 is 2.24 bits per heavy atom. The molecule has 0 aliphatic carbocycles. The SMILES string of the molecule is COc1c(C(=O)O)c(C(=O)O)nc2c1c(Cl)c(OC)n2C. The van der Waals surface area contributed by atoms with E-state index in [0.717, 1.165) is 0 Å². The number of aromatic carboxylic acids is 2. The predicted octanol–water partition coefficient (Wildman–Crippen LogP) is 1.64. The van der Waals surface area contributed by atoms with Gasteiger partial charge in [0.2, 0.25) is 5.88 Å². The van der Waals surface area contributed by atoms with E-state index in [2.05, 4.69) is 4.98 Å². The van der Waals surface area contributed by atoms with Crippen LogP contribution < -0.4 is 9.47 Å². The van der Waals surface area contributed by atoms with Crippen LogP contribution in [0.4, 0.5) is 0 Å². The van der Waals surface area contributed by atoms with Crippen molar-refractivity contribution < 1.29 is 29.3 Å². The number of aromatic nitrogens is 2. The molecule has 8 nitrogen and oxygen atoms in total. The minimum Gasteiger partial charge on any atom is -0.495 e. The summed E-state index contributed by atoms with van der Waals surface area (Å²) in [6, 6.07) is 0. The molecule has 0 spiro atoms. The lowest BCUT2D eigenvalue weighted by Crippen LogP contribution is -2.13. The average molecular weight is 315 g/mol. The number of carboxylic acids is 2. The molecule has 21 heavy (non-hydrogen) atoms. The minimum absolute atomic E-state index is 0.0961. The van der Waals surface area contributed by atoms with Gasteiger partial charge in [-0.25, -0.2) is 14.6 Å². The lowest BCUT2D eigenvalue weighted by atomic mass is 10.1. The molecule has 2 N–H and O–H groups in total. The zero-order chi connectivity index (χ0) is 15.9. The Bertz CT molecular complexity index is 767. The number of nitrogens with zero attached hydrogens (tertiary/aromatic N) is 2. The Balaban J connectivity index is 3.08. The van der Waals surface area contributed by atoms with Gasteiger partial charge < -0.3 is 19.7 Å². The Morgan fingerprint density at radius 2 is 1.81 bits per heavy atom. The molecule has 2 rings (SSSR count). The van der Waals surface area contributed by atoms with Gasteiger partial charge in [-0.1, -0.05) is 11.6 Å². The maximum Gasteiger partial charge on any atom is 0.355 e. The molecule has 0 bridgehead atoms. The van der Waals surface area contributed by atoms with Crippen molar-refractivity contribution in [1.29, 1.82) is 0 Å². The van der Waals surface area contributed by atoms with Crippen molar-refractivity contribution in [2.75, 3.05) is 14.2 Å². The molecule has 0 atom stereocenters. The first-order valence-electron chi connectivity index (χ1n) is 5.61. The second-order valence-electron chi connectivity index (χ2n) is 4.06. The summed E-state index contributed by atoms with van der Waals surface area (Å²) in [5.41, 5.74) is -1.05. The largest absolute Gasteiger partial charge is 0.495 e. The first-order valence-corrected chi connectivity index (χ1v) is 5.99. The van der Waals surface area contributed by atoms with E-state index in [9.17, 15) is 14.7 Å². The lowest BCUT2D eigenvalue weighted by molar-refractivity contribution is 0.0644. The number of methoxy groups -OCH3 is 2. The third-order valence-corrected chi connectivity index (χ3v) is 3.33. The summed E-state index contributed by atoms with van der Waals surface area (Å²) in [5, 5.41) is 18.7. The normalized spacial score (nSPS) is 10.7. The minimum atomic E-state index is -1.48. The number of rotatable bonds is 4. The highest BCUT2D eigenvalue weighted by molar-refractivity contribution is 6.38. The monoisotopic (exact) mass is 314 g/mol. The second kappa shape index (κ2) is 5.13. The maximum atomic E-state index is 11.4. The van der Waals surface area contributed by atoms with Crippen LogP contribution >= 0.6 is 11.6 Å². The van der Waals surface area contributed by atoms with E-state index in [0.29, 0.717) is 0 Å². The van der Waals surface area contributed by atoms with Crippen LogP contribution in [0.25, 0.3) is 11.0 Å². The van der Waals surface area contributed by atoms with Gasteiger partial charge in [0.15, 0.2) is 5.69 Å². The van der Waals surface area contributed by atoms with Crippen LogP contribution in [-0.2, 0) is 7.05 Å². The number of aryl methyl sites for hydroxylation is 1. The van der Waals surface area contributed by atoms with Gasteiger partial charge >= 0.3 is 11.9 Å². The molecular weight excluding hydrogens is 304 g/mol. The van der Waals surface area contributed by atoms with Crippen molar-refractivity contribution in [3.05, 3.63) is 16.3 Å². The zero-order valence-corrected chi connectivity index (χ0v) is 12.1. The number of pyridine rings is 1. The van der Waals surface area contributed by atoms with Crippen molar-refractivity contribution in [3.8, 4) is 11.6 Å². The number of ether oxygens (including phenoxy) is 2. The smallest absolute Gasteiger partial charge is 0.355 e. The summed E-state index contributed by atoms with van der Waals surface area (Å²) in [6.07, 6.45) is 0. The standard InChI is InChI=1S/C12H11ClN2O6/c1-15-9-4(6(13)10(15)21-3)8(20-2)5(11(16)17)7(14-9)12(18)19/h1-3H3,(H,16,17)(H,18,19). The number of hydrogen-bond acceptors (Lipinski definition) is 5. The number of halogens is 1. The lowest BCUT2D eigenvalue weighted by Gasteiger charge is -2.09. The van der Waals surface area contributed by atoms with Gasteiger partial charge in [0.05, 0.1) is 19.6 Å². The molecule has 0 aromatic carbocycles. The Hall–Kier alpha value is -2.48. The van der Waals surface area contributed by atoms with Crippen molar-refractivity contribution in [2.45, 2.75) is 0 Å². The molecule has 0 fully saturated rings. The molecule has 2 heterocycles. The fraction of sp³-hybridized carbons (Fsp3) is 0.250. The summed E-state index contributed by atoms with van der Waals surface area (Å²) in [7, 11) is 4.16. The molecule has 0 saturated heterocycles. The highest BCUT2D eigenvalue weighted by atomic mass is 35.5. The van der Waals surface area contributed by atoms with E-state index >= 15 is 0 Å². The van der Waals surface area contributed by atoms with Crippen molar-refractivity contribution in [3.63, 3.8) is 0 Å². The summed E-state index contributed by atoms with van der Waals surface area (Å²) < 4.78 is 11.6. The molecule has 9 heteroatoms. The van der Waals surface area contributed by atoms with Crippen LogP contribution in [0, 0.1) is 0 Å². The van der Waals surface area contributed by atoms with Crippen LogP contribution in [0.15, 0.2) is 0 Å². The summed E-state index contributed by atoms with van der Waals surface area (Å²) in [6.45, 7) is 0. The van der Waals surface area contributed by atoms with Crippen molar-refractivity contribution >= 4 is 34.6 Å². The third-order valence-electron chi connectivity index (χ3n) is 2.98. The van der Waals surface area contributed by atoms with Crippen LogP contribution in [-0.4, -0.2) is 45.9 Å². The van der Waals surface area contributed by atoms with Gasteiger partial charge in [0.25, 0.3) is 0 Å². The summed E-state index contributed by atoms with van der Waals surface area (Å²) in [4.78, 5) is 26.5. The number of fused-ring (bicyclic) bond motifs is 1. The maximum absolute atomic E-state index is 11.4. The molecule has 0 saturated carbocycles. The van der Waals surface area contributed by atoms with Gasteiger partial charge in [-0.15, -0.1) is 0 Å². The van der Waals surface area contributed by atoms with E-state index in [1.165, 1.54) is 18.8 Å². The Kier molecular flexibility index (Phi) is 3.65. The van der Waals surface area contributed by atoms with E-state index in [-0.39, 0.29) is 27.7 Å². The molecule has 2 aromatic heterocycles. The van der Waals surface area contributed by atoms with Gasteiger partial charge in [0.1, 0.15) is 22.0 Å². The zero-order valence-electron chi connectivity index (χ0n) is 11.3. The molecule has 0 unspecified atom stereocenters. The fourth-order valence-electron chi connectivity index (χ4n) is 2.13. The van der Waals surface area contributed by atoms with Gasteiger partial charge in [-0.3, -0.25) is 4.57 Å². The highest BCUT2D eigenvalue weighted by Gasteiger charge is 2.30. The van der Waals surface area contributed by atoms with Crippen LogP contribution in [0.1, 0.15) is 20.8 Å². The average Bonchev–Trinajstić information content (AvgIpc) is 2.67. The van der Waals surface area contributed by atoms with Gasteiger partial charge in [-0.05, 0) is 0 Å². The third kappa shape index (κ3) is 2.04. The molecule has 0 radical (unpaired) electrons. The van der Waals surface area contributed by atoms with Crippen LogP contribution in [0.2, 0.25) is 5.02 Å². The van der Waals surface area contributed by atoms with E-state index < -0.39 is 23.2 Å².